The molecule has 1 aromatic carbocycles. The molecule has 0 radical (unpaired) electrons. The molecule has 0 spiro atoms. The van der Waals surface area contributed by atoms with Crippen LogP contribution in [0.1, 0.15) is 37.9 Å². The van der Waals surface area contributed by atoms with Crippen molar-refractivity contribution in [1.82, 2.24) is 0 Å². The zero-order valence-electron chi connectivity index (χ0n) is 15.7. The van der Waals surface area contributed by atoms with Crippen molar-refractivity contribution in [2.45, 2.75) is 67.6 Å². The molecule has 1 fully saturated rings. The number of benzene rings is 1. The lowest BCUT2D eigenvalue weighted by Crippen LogP contribution is -2.83. The van der Waals surface area contributed by atoms with Crippen LogP contribution in [-0.4, -0.2) is 47.0 Å². The number of rotatable bonds is 7. The molecule has 1 N–H and O–H groups in total. The lowest BCUT2D eigenvalue weighted by atomic mass is 9.69. The van der Waals surface area contributed by atoms with Crippen molar-refractivity contribution in [2.75, 3.05) is 6.61 Å². The van der Waals surface area contributed by atoms with E-state index in [4.69, 9.17) is 4.74 Å². The number of hydrogen-bond donors (Lipinski definition) is 1. The van der Waals surface area contributed by atoms with E-state index in [1.807, 2.05) is 0 Å². The highest BCUT2D eigenvalue weighted by atomic mass is 19.4. The molecule has 2 nitrogen and oxygen atoms in total. The number of ether oxygens (including phenoxy) is 1. The molecule has 1 atom stereocenters. The minimum atomic E-state index is -7.28. The first-order valence-corrected chi connectivity index (χ1v) is 8.91. The third-order valence-corrected chi connectivity index (χ3v) is 5.08. The van der Waals surface area contributed by atoms with Crippen LogP contribution >= 0.6 is 0 Å². The van der Waals surface area contributed by atoms with E-state index in [-0.39, 0.29) is 12.4 Å². The lowest BCUT2D eigenvalue weighted by Gasteiger charge is -2.52. The molecule has 13 heteroatoms. The number of para-hydroxylation sites is 1. The molecule has 0 aromatic heterocycles. The first-order chi connectivity index (χ1) is 13.9. The van der Waals surface area contributed by atoms with Gasteiger partial charge in [-0.25, -0.2) is 4.39 Å². The summed E-state index contributed by atoms with van der Waals surface area (Å²) >= 11 is 0. The predicted molar refractivity (Wildman–Crippen MR) is 85.0 cm³/mol. The predicted octanol–water partition coefficient (Wildman–Crippen LogP) is 6.19. The van der Waals surface area contributed by atoms with Crippen molar-refractivity contribution in [3.63, 3.8) is 0 Å². The Labute approximate surface area is 169 Å². The molecular weight excluding hydrogens is 457 g/mol. The van der Waals surface area contributed by atoms with Crippen molar-refractivity contribution in [1.29, 1.82) is 0 Å². The molecule has 2 rings (SSSR count). The van der Waals surface area contributed by atoms with Gasteiger partial charge in [-0.3, -0.25) is 0 Å². The number of aliphatic hydroxyl groups is 1. The van der Waals surface area contributed by atoms with Crippen LogP contribution in [-0.2, 0) is 0 Å². The summed E-state index contributed by atoms with van der Waals surface area (Å²) in [4.78, 5) is 0. The molecule has 0 bridgehead atoms. The summed E-state index contributed by atoms with van der Waals surface area (Å²) < 4.78 is 157. The Morgan fingerprint density at radius 1 is 0.774 bits per heavy atom. The van der Waals surface area contributed by atoms with E-state index in [1.54, 1.807) is 6.92 Å². The quantitative estimate of drug-likeness (QED) is 0.378. The van der Waals surface area contributed by atoms with Crippen molar-refractivity contribution in [3.8, 4) is 5.75 Å². The molecule has 0 aliphatic heterocycles. The standard InChI is InChI=1S/C18H17F11O2/c1-2-3-8-31-12-7-5-4-6-10(12)11(30)9-13(19)14(20,21)16(24,25)18(28,29)17(26,27)15(13,22)23/h4-7,11,30H,2-3,8-9H2,1H3. The monoisotopic (exact) mass is 474 g/mol. The third-order valence-electron chi connectivity index (χ3n) is 5.08. The largest absolute Gasteiger partial charge is 0.493 e. The van der Waals surface area contributed by atoms with Crippen molar-refractivity contribution < 1.29 is 58.1 Å². The highest BCUT2D eigenvalue weighted by Gasteiger charge is 3.00. The molecular formula is C18H17F11O2. The Bertz CT molecular complexity index is 764. The Morgan fingerprint density at radius 3 is 1.71 bits per heavy atom. The molecule has 31 heavy (non-hydrogen) atoms. The summed E-state index contributed by atoms with van der Waals surface area (Å²) in [5.74, 6) is -36.0. The van der Waals surface area contributed by atoms with Gasteiger partial charge in [0.1, 0.15) is 5.75 Å². The number of unbranched alkanes of at least 4 members (excludes halogenated alkanes) is 1. The number of halogens is 11. The van der Waals surface area contributed by atoms with Crippen LogP contribution in [0.15, 0.2) is 24.3 Å². The summed E-state index contributed by atoms with van der Waals surface area (Å²) in [7, 11) is 0. The second-order valence-electron chi connectivity index (χ2n) is 7.13. The number of aliphatic hydroxyl groups excluding tert-OH is 1. The van der Waals surface area contributed by atoms with Crippen LogP contribution in [0.4, 0.5) is 48.3 Å². The molecule has 0 heterocycles. The molecule has 1 aliphatic rings. The molecule has 178 valence electrons. The van der Waals surface area contributed by atoms with Gasteiger partial charge >= 0.3 is 29.6 Å². The van der Waals surface area contributed by atoms with E-state index in [9.17, 15) is 53.4 Å². The maximum atomic E-state index is 14.8. The summed E-state index contributed by atoms with van der Waals surface area (Å²) in [5.41, 5.74) is -6.91. The highest BCUT2D eigenvalue weighted by molar-refractivity contribution is 5.36. The van der Waals surface area contributed by atoms with Gasteiger partial charge in [0.15, 0.2) is 0 Å². The summed E-state index contributed by atoms with van der Waals surface area (Å²) in [5, 5.41) is 10.0. The number of alkyl halides is 11. The van der Waals surface area contributed by atoms with Crippen LogP contribution in [0, 0.1) is 0 Å². The summed E-state index contributed by atoms with van der Waals surface area (Å²) in [6.45, 7) is 1.72. The van der Waals surface area contributed by atoms with Crippen molar-refractivity contribution in [2.24, 2.45) is 0 Å². The summed E-state index contributed by atoms with van der Waals surface area (Å²) in [6.07, 6.45) is -4.52. The maximum Gasteiger partial charge on any atom is 0.384 e. The Morgan fingerprint density at radius 2 is 1.23 bits per heavy atom. The smallest absolute Gasteiger partial charge is 0.384 e. The normalized spacial score (nSPS) is 25.6. The van der Waals surface area contributed by atoms with Gasteiger partial charge in [-0.05, 0) is 12.5 Å². The Hall–Kier alpha value is -1.79. The second kappa shape index (κ2) is 7.66. The van der Waals surface area contributed by atoms with Crippen molar-refractivity contribution >= 4 is 0 Å². The maximum absolute atomic E-state index is 14.8. The van der Waals surface area contributed by atoms with E-state index in [0.29, 0.717) is 12.8 Å². The van der Waals surface area contributed by atoms with Gasteiger partial charge in [0.05, 0.1) is 12.7 Å². The topological polar surface area (TPSA) is 29.5 Å². The Balaban J connectivity index is 2.54. The molecule has 1 aromatic rings. The molecule has 0 amide bonds. The average Bonchev–Trinajstić information content (AvgIpc) is 2.66. The molecule has 1 aliphatic carbocycles. The second-order valence-corrected chi connectivity index (χ2v) is 7.13. The van der Waals surface area contributed by atoms with E-state index in [0.717, 1.165) is 18.2 Å². The molecule has 1 unspecified atom stereocenters. The fourth-order valence-corrected chi connectivity index (χ4v) is 3.13. The van der Waals surface area contributed by atoms with E-state index >= 15 is 0 Å². The van der Waals surface area contributed by atoms with E-state index < -0.39 is 53.4 Å². The number of hydrogen-bond acceptors (Lipinski definition) is 2. The molecule has 1 saturated carbocycles. The van der Waals surface area contributed by atoms with Gasteiger partial charge in [0.25, 0.3) is 5.67 Å². The summed E-state index contributed by atoms with van der Waals surface area (Å²) in [6, 6.07) is 4.33. The first-order valence-electron chi connectivity index (χ1n) is 8.91. The van der Waals surface area contributed by atoms with Crippen molar-refractivity contribution in [3.05, 3.63) is 29.8 Å². The van der Waals surface area contributed by atoms with Gasteiger partial charge < -0.3 is 9.84 Å². The van der Waals surface area contributed by atoms with Gasteiger partial charge in [-0.15, -0.1) is 0 Å². The van der Waals surface area contributed by atoms with Gasteiger partial charge in [0, 0.05) is 12.0 Å². The SMILES string of the molecule is CCCCOc1ccccc1C(O)CC1(F)C(F)(F)C(F)(F)C(F)(F)C(F)(F)C1(F)F. The molecule has 0 saturated heterocycles. The average molecular weight is 474 g/mol. The van der Waals surface area contributed by atoms with E-state index in [1.165, 1.54) is 6.07 Å². The van der Waals surface area contributed by atoms with Gasteiger partial charge in [0.2, 0.25) is 0 Å². The van der Waals surface area contributed by atoms with Gasteiger partial charge in [-0.1, -0.05) is 31.5 Å². The minimum absolute atomic E-state index is 0.0321. The lowest BCUT2D eigenvalue weighted by molar-refractivity contribution is -0.487. The minimum Gasteiger partial charge on any atom is -0.493 e. The van der Waals surface area contributed by atoms with E-state index in [2.05, 4.69) is 0 Å². The zero-order chi connectivity index (χ0) is 24.1. The zero-order valence-corrected chi connectivity index (χ0v) is 15.7. The van der Waals surface area contributed by atoms with Crippen LogP contribution in [0.25, 0.3) is 0 Å². The van der Waals surface area contributed by atoms with Crippen LogP contribution < -0.4 is 4.74 Å². The Kier molecular flexibility index (Phi) is 6.30. The fourth-order valence-electron chi connectivity index (χ4n) is 3.13. The van der Waals surface area contributed by atoms with Crippen LogP contribution in [0.2, 0.25) is 0 Å². The van der Waals surface area contributed by atoms with Crippen LogP contribution in [0.5, 0.6) is 5.75 Å². The first kappa shape index (κ1) is 25.5. The van der Waals surface area contributed by atoms with Gasteiger partial charge in [-0.2, -0.15) is 43.9 Å². The fraction of sp³-hybridized carbons (Fsp3) is 0.667. The van der Waals surface area contributed by atoms with Crippen LogP contribution in [0.3, 0.4) is 0 Å². The third kappa shape index (κ3) is 3.25. The highest BCUT2D eigenvalue weighted by Crippen LogP contribution is 2.70.